The molecule has 0 saturated heterocycles. The summed E-state index contributed by atoms with van der Waals surface area (Å²) in [7, 11) is 4.00. The molecule has 14 rings (SSSR count). The van der Waals surface area contributed by atoms with Crippen molar-refractivity contribution in [1.29, 1.82) is 0 Å². The number of aromatic nitrogens is 4. The van der Waals surface area contributed by atoms with Crippen LogP contribution in [-0.2, 0) is 40.2 Å². The molecule has 6 heterocycles. The Bertz CT molecular complexity index is 3590. The third-order valence-corrected chi connectivity index (χ3v) is 12.5. The Morgan fingerprint density at radius 1 is 0.333 bits per heavy atom. The Morgan fingerprint density at radius 2 is 0.679 bits per heavy atom. The minimum absolute atomic E-state index is 0. The van der Waals surface area contributed by atoms with E-state index in [2.05, 4.69) is 92.7 Å². The summed E-state index contributed by atoms with van der Waals surface area (Å²) in [5.74, 6) is 0. The van der Waals surface area contributed by atoms with Gasteiger partial charge in [-0.05, 0) is 120 Å². The van der Waals surface area contributed by atoms with Crippen molar-refractivity contribution in [2.45, 2.75) is 13.8 Å². The molecule has 2 aliphatic rings. The Morgan fingerprint density at radius 3 is 0.988 bits per heavy atom. The molecule has 2 aliphatic heterocycles. The summed E-state index contributed by atoms with van der Waals surface area (Å²) in [4.78, 5) is 25.6. The van der Waals surface area contributed by atoms with Crippen molar-refractivity contribution in [3.05, 3.63) is 341 Å². The fourth-order valence-electron chi connectivity index (χ4n) is 8.38. The zero-order valence-corrected chi connectivity index (χ0v) is 51.7. The molecule has 8 nitrogen and oxygen atoms in total. The average Bonchev–Trinajstić information content (AvgIpc) is 3.81. The van der Waals surface area contributed by atoms with Gasteiger partial charge in [-0.3, -0.25) is 0 Å². The number of para-hydroxylation sites is 2. The van der Waals surface area contributed by atoms with Crippen molar-refractivity contribution < 1.29 is 40.2 Å². The van der Waals surface area contributed by atoms with E-state index in [1.165, 1.54) is 32.7 Å². The number of benzene rings is 8. The molecule has 10 heteroatoms. The van der Waals surface area contributed by atoms with E-state index in [4.69, 9.17) is 0 Å². The molecule has 12 aromatic rings. The normalized spacial score (nSPS) is 11.6. The van der Waals surface area contributed by atoms with Crippen LogP contribution < -0.4 is 9.80 Å². The maximum atomic E-state index is 4.45. The first kappa shape index (κ1) is 62.5. The van der Waals surface area contributed by atoms with Crippen LogP contribution in [0.25, 0.3) is 66.6 Å². The molecule has 8 aromatic carbocycles. The van der Waals surface area contributed by atoms with Gasteiger partial charge in [0.15, 0.2) is 0 Å². The van der Waals surface area contributed by atoms with Gasteiger partial charge in [0.1, 0.15) is 0 Å². The van der Waals surface area contributed by atoms with Gasteiger partial charge in [0.2, 0.25) is 0 Å². The van der Waals surface area contributed by atoms with Crippen molar-refractivity contribution in [3.8, 4) is 45.0 Å². The van der Waals surface area contributed by atoms with Crippen LogP contribution in [0.15, 0.2) is 280 Å². The smallest absolute Gasteiger partial charge is 0.0190 e. The summed E-state index contributed by atoms with van der Waals surface area (Å²) in [6.07, 6.45) is 15.4. The second kappa shape index (κ2) is 33.1. The quantitative estimate of drug-likeness (QED) is 0.153. The predicted octanol–water partition coefficient (Wildman–Crippen LogP) is 16.8. The summed E-state index contributed by atoms with van der Waals surface area (Å²) in [6.45, 7) is 8.08. The SMILES string of the molecule is CN1C=CN(c2[c-]cccc2)[CH-]1.CN1C=CN(c2[c-]cccc2)[CH-]1.Cc1ccc(-c2[c-]cccc2)nc1.Cc1ccc(-c2[c-]cccc2)nc1.[Ir].[Ir].[c-]1ccccc1-c1nccc2ccccc12.[c-]1ccccc1-c1nccc2ccccc12. The van der Waals surface area contributed by atoms with Crippen LogP contribution in [0.3, 0.4) is 0 Å². The number of fused-ring (bicyclic) bond motifs is 2. The van der Waals surface area contributed by atoms with Gasteiger partial charge in [-0.25, -0.2) is 0 Å². The van der Waals surface area contributed by atoms with Gasteiger partial charge < -0.3 is 39.5 Å². The van der Waals surface area contributed by atoms with Gasteiger partial charge >= 0.3 is 0 Å². The second-order valence-corrected chi connectivity index (χ2v) is 18.8. The number of pyridine rings is 4. The van der Waals surface area contributed by atoms with Crippen LogP contribution in [-0.4, -0.2) is 43.8 Å². The molecule has 0 unspecified atom stereocenters. The van der Waals surface area contributed by atoms with E-state index in [-0.39, 0.29) is 40.2 Å². The van der Waals surface area contributed by atoms with Crippen molar-refractivity contribution >= 4 is 32.9 Å². The van der Waals surface area contributed by atoms with Crippen molar-refractivity contribution in [2.75, 3.05) is 23.9 Å². The first-order chi connectivity index (χ1) is 40.3. The van der Waals surface area contributed by atoms with Gasteiger partial charge in [0.05, 0.1) is 0 Å². The molecule has 0 bridgehead atoms. The number of anilines is 2. The van der Waals surface area contributed by atoms with Crippen LogP contribution in [0.2, 0.25) is 0 Å². The van der Waals surface area contributed by atoms with Gasteiger partial charge in [-0.15, -0.1) is 155 Å². The van der Waals surface area contributed by atoms with E-state index in [1.807, 2.05) is 305 Å². The molecule has 0 saturated carbocycles. The molecular weight excluding hydrogens is 1390 g/mol. The molecule has 0 fully saturated rings. The molecular formula is C74H60Ir2N8-8. The largest absolute Gasteiger partial charge is 0.510 e. The summed E-state index contributed by atoms with van der Waals surface area (Å²) >= 11 is 0. The third kappa shape index (κ3) is 18.4. The van der Waals surface area contributed by atoms with E-state index in [9.17, 15) is 0 Å². The molecule has 4 aromatic heterocycles. The van der Waals surface area contributed by atoms with Crippen molar-refractivity contribution in [1.82, 2.24) is 29.7 Å². The maximum absolute atomic E-state index is 4.45. The topological polar surface area (TPSA) is 64.5 Å². The fourth-order valence-corrected chi connectivity index (χ4v) is 8.38. The number of aryl methyl sites for hydroxylation is 2. The van der Waals surface area contributed by atoms with E-state index in [0.717, 1.165) is 56.4 Å². The van der Waals surface area contributed by atoms with Crippen LogP contribution in [0.1, 0.15) is 11.1 Å². The van der Waals surface area contributed by atoms with Crippen molar-refractivity contribution in [2.24, 2.45) is 0 Å². The van der Waals surface area contributed by atoms with Crippen molar-refractivity contribution in [3.63, 3.8) is 0 Å². The number of hydrogen-bond acceptors (Lipinski definition) is 8. The predicted molar refractivity (Wildman–Crippen MR) is 336 cm³/mol. The first-order valence-corrected chi connectivity index (χ1v) is 26.8. The monoisotopic (exact) mass is 1450 g/mol. The standard InChI is InChI=1S/2C15H10N.2C12H10N.2C10H10N2.2Ir/c2*1-2-7-13(8-3-1)15-14-9-5-4-6-12(14)10-11-16-15;2*1-10-7-8-12(13-9-10)11-5-3-2-4-6-11;2*1-11-7-8-12(9-11)10-5-3-2-4-6-10;;/h2*1-7,9-11H;2*2-5,7-9H,1H3;2*2-5,7-9H,1H3;;/q4*-1;2*-2;;. The molecule has 0 spiro atoms. The molecule has 422 valence electrons. The molecule has 2 radical (unpaired) electrons. The third-order valence-electron chi connectivity index (χ3n) is 12.5. The zero-order valence-electron chi connectivity index (χ0n) is 47.0. The van der Waals surface area contributed by atoms with Crippen LogP contribution in [0.5, 0.6) is 0 Å². The molecule has 0 atom stereocenters. The number of rotatable bonds is 6. The number of nitrogens with zero attached hydrogens (tertiary/aromatic N) is 8. The summed E-state index contributed by atoms with van der Waals surface area (Å²) in [5, 5.41) is 4.77. The molecule has 0 N–H and O–H groups in total. The Labute approximate surface area is 522 Å². The van der Waals surface area contributed by atoms with Crippen LogP contribution in [0, 0.1) is 63.6 Å². The summed E-state index contributed by atoms with van der Waals surface area (Å²) in [6, 6.07) is 95.2. The Kier molecular flexibility index (Phi) is 24.6. The van der Waals surface area contributed by atoms with E-state index in [1.54, 1.807) is 0 Å². The van der Waals surface area contributed by atoms with E-state index < -0.39 is 0 Å². The summed E-state index contributed by atoms with van der Waals surface area (Å²) in [5.41, 5.74) is 12.6. The van der Waals surface area contributed by atoms with E-state index >= 15 is 0 Å². The average molecular weight is 1450 g/mol. The van der Waals surface area contributed by atoms with Crippen LogP contribution >= 0.6 is 0 Å². The van der Waals surface area contributed by atoms with Gasteiger partial charge in [0, 0.05) is 65.0 Å². The first-order valence-electron chi connectivity index (χ1n) is 26.8. The Balaban J connectivity index is 0.000000145. The summed E-state index contributed by atoms with van der Waals surface area (Å²) < 4.78 is 0. The molecule has 84 heavy (non-hydrogen) atoms. The Hall–Kier alpha value is -9.14. The second-order valence-electron chi connectivity index (χ2n) is 18.8. The van der Waals surface area contributed by atoms with Crippen LogP contribution in [0.4, 0.5) is 11.4 Å². The minimum atomic E-state index is 0. The molecule has 0 aliphatic carbocycles. The minimum Gasteiger partial charge on any atom is -0.510 e. The van der Waals surface area contributed by atoms with Gasteiger partial charge in [-0.1, -0.05) is 72.8 Å². The van der Waals surface area contributed by atoms with Gasteiger partial charge in [-0.2, -0.15) is 74.0 Å². The maximum Gasteiger partial charge on any atom is 0.0190 e. The number of hydrogen-bond donors (Lipinski definition) is 0. The zero-order chi connectivity index (χ0) is 56.6. The van der Waals surface area contributed by atoms with Gasteiger partial charge in [0.25, 0.3) is 0 Å². The van der Waals surface area contributed by atoms with E-state index in [0.29, 0.717) is 0 Å². The molecule has 0 amide bonds. The fraction of sp³-hybridized carbons (Fsp3) is 0.0541.